The summed E-state index contributed by atoms with van der Waals surface area (Å²) in [4.78, 5) is 13.9. The normalized spacial score (nSPS) is 19.7. The van der Waals surface area contributed by atoms with Crippen molar-refractivity contribution in [1.82, 2.24) is 5.32 Å². The van der Waals surface area contributed by atoms with Gasteiger partial charge in [0.05, 0.1) is 17.7 Å². The first kappa shape index (κ1) is 12.6. The number of hydrogen-bond donors (Lipinski definition) is 2. The van der Waals surface area contributed by atoms with Crippen LogP contribution in [0.2, 0.25) is 0 Å². The van der Waals surface area contributed by atoms with E-state index in [0.717, 1.165) is 5.69 Å². The van der Waals surface area contributed by atoms with Gasteiger partial charge in [-0.3, -0.25) is 4.79 Å². The van der Waals surface area contributed by atoms with Crippen LogP contribution in [0.5, 0.6) is 0 Å². The molecule has 0 bridgehead atoms. The standard InChI is InChI=1S/C13H15N3O2/c14-9-10-1-3-11(4-2-10)16-7-6-15-12(5-8-17)13(16)18/h1-4,12,15,17H,5-8H2. The van der Waals surface area contributed by atoms with Crippen molar-refractivity contribution in [2.24, 2.45) is 0 Å². The number of amides is 1. The Morgan fingerprint density at radius 2 is 2.17 bits per heavy atom. The molecule has 0 saturated carbocycles. The fourth-order valence-corrected chi connectivity index (χ4v) is 2.06. The highest BCUT2D eigenvalue weighted by atomic mass is 16.3. The van der Waals surface area contributed by atoms with Gasteiger partial charge in [0.25, 0.3) is 0 Å². The van der Waals surface area contributed by atoms with Crippen molar-refractivity contribution in [2.45, 2.75) is 12.5 Å². The second-order valence-corrected chi connectivity index (χ2v) is 4.17. The largest absolute Gasteiger partial charge is 0.396 e. The molecule has 1 aliphatic rings. The summed E-state index contributed by atoms with van der Waals surface area (Å²) in [5.74, 6) is -0.0278. The van der Waals surface area contributed by atoms with E-state index < -0.39 is 0 Å². The zero-order valence-corrected chi connectivity index (χ0v) is 9.97. The Morgan fingerprint density at radius 3 is 2.78 bits per heavy atom. The van der Waals surface area contributed by atoms with Crippen molar-refractivity contribution in [3.63, 3.8) is 0 Å². The lowest BCUT2D eigenvalue weighted by Crippen LogP contribution is -2.55. The third-order valence-electron chi connectivity index (χ3n) is 3.02. The molecule has 2 N–H and O–H groups in total. The molecule has 1 aromatic rings. The Balaban J connectivity index is 2.16. The molecule has 5 heteroatoms. The SMILES string of the molecule is N#Cc1ccc(N2CCNC(CCO)C2=O)cc1. The first-order valence-corrected chi connectivity index (χ1v) is 5.92. The molecule has 1 amide bonds. The Hall–Kier alpha value is -1.90. The molecular formula is C13H15N3O2. The molecule has 0 aromatic heterocycles. The molecule has 1 aromatic carbocycles. The third kappa shape index (κ3) is 2.50. The van der Waals surface area contributed by atoms with Crippen LogP contribution in [0.15, 0.2) is 24.3 Å². The number of rotatable bonds is 3. The number of carbonyl (C=O) groups excluding carboxylic acids is 1. The third-order valence-corrected chi connectivity index (χ3v) is 3.02. The maximum absolute atomic E-state index is 12.2. The summed E-state index contributed by atoms with van der Waals surface area (Å²) in [6.45, 7) is 1.30. The summed E-state index contributed by atoms with van der Waals surface area (Å²) in [7, 11) is 0. The fraction of sp³-hybridized carbons (Fsp3) is 0.385. The molecule has 0 radical (unpaired) electrons. The smallest absolute Gasteiger partial charge is 0.244 e. The minimum atomic E-state index is -0.320. The first-order chi connectivity index (χ1) is 8.76. The molecular weight excluding hydrogens is 230 g/mol. The van der Waals surface area contributed by atoms with Crippen molar-refractivity contribution in [2.75, 3.05) is 24.6 Å². The van der Waals surface area contributed by atoms with Gasteiger partial charge in [0, 0.05) is 25.4 Å². The molecule has 2 rings (SSSR count). The lowest BCUT2D eigenvalue weighted by Gasteiger charge is -2.33. The summed E-state index contributed by atoms with van der Waals surface area (Å²) in [5, 5.41) is 20.7. The molecule has 18 heavy (non-hydrogen) atoms. The molecule has 1 heterocycles. The monoisotopic (exact) mass is 245 g/mol. The topological polar surface area (TPSA) is 76.4 Å². The number of nitrogens with zero attached hydrogens (tertiary/aromatic N) is 2. The van der Waals surface area contributed by atoms with Crippen molar-refractivity contribution in [3.8, 4) is 6.07 Å². The van der Waals surface area contributed by atoms with Crippen molar-refractivity contribution in [3.05, 3.63) is 29.8 Å². The predicted octanol–water partition coefficient (Wildman–Crippen LogP) is 0.245. The van der Waals surface area contributed by atoms with Crippen LogP contribution in [-0.2, 0) is 4.79 Å². The highest BCUT2D eigenvalue weighted by Crippen LogP contribution is 2.18. The van der Waals surface area contributed by atoms with Gasteiger partial charge in [-0.15, -0.1) is 0 Å². The molecule has 0 spiro atoms. The maximum Gasteiger partial charge on any atom is 0.244 e. The molecule has 1 unspecified atom stereocenters. The van der Waals surface area contributed by atoms with Crippen LogP contribution in [-0.4, -0.2) is 36.8 Å². The van der Waals surface area contributed by atoms with Gasteiger partial charge in [-0.2, -0.15) is 5.26 Å². The minimum Gasteiger partial charge on any atom is -0.396 e. The van der Waals surface area contributed by atoms with Crippen LogP contribution in [0.4, 0.5) is 5.69 Å². The zero-order chi connectivity index (χ0) is 13.0. The van der Waals surface area contributed by atoms with E-state index in [0.29, 0.717) is 25.1 Å². The first-order valence-electron chi connectivity index (χ1n) is 5.92. The zero-order valence-electron chi connectivity index (χ0n) is 9.97. The Morgan fingerprint density at radius 1 is 1.44 bits per heavy atom. The summed E-state index contributed by atoms with van der Waals surface area (Å²) >= 11 is 0. The van der Waals surface area contributed by atoms with Crippen LogP contribution in [0.25, 0.3) is 0 Å². The number of aliphatic hydroxyl groups excluding tert-OH is 1. The van der Waals surface area contributed by atoms with Crippen LogP contribution in [0, 0.1) is 11.3 Å². The van der Waals surface area contributed by atoms with Gasteiger partial charge >= 0.3 is 0 Å². The number of nitrogens with one attached hydrogen (secondary N) is 1. The van der Waals surface area contributed by atoms with E-state index >= 15 is 0 Å². The predicted molar refractivity (Wildman–Crippen MR) is 67.0 cm³/mol. The van der Waals surface area contributed by atoms with Crippen LogP contribution >= 0.6 is 0 Å². The van der Waals surface area contributed by atoms with E-state index in [1.54, 1.807) is 29.2 Å². The Bertz CT molecular complexity index is 462. The van der Waals surface area contributed by atoms with Gasteiger partial charge < -0.3 is 15.3 Å². The summed E-state index contributed by atoms with van der Waals surface area (Å²) < 4.78 is 0. The summed E-state index contributed by atoms with van der Waals surface area (Å²) in [5.41, 5.74) is 1.37. The second-order valence-electron chi connectivity index (χ2n) is 4.17. The number of piperazine rings is 1. The van der Waals surface area contributed by atoms with Gasteiger partial charge in [-0.25, -0.2) is 0 Å². The van der Waals surface area contributed by atoms with Gasteiger partial charge in [-0.1, -0.05) is 0 Å². The highest BCUT2D eigenvalue weighted by Gasteiger charge is 2.28. The van der Waals surface area contributed by atoms with Crippen molar-refractivity contribution >= 4 is 11.6 Å². The number of benzene rings is 1. The van der Waals surface area contributed by atoms with E-state index in [-0.39, 0.29) is 18.6 Å². The van der Waals surface area contributed by atoms with Gasteiger partial charge in [0.15, 0.2) is 0 Å². The number of aliphatic hydroxyl groups is 1. The number of anilines is 1. The average Bonchev–Trinajstić information content (AvgIpc) is 2.42. The Kier molecular flexibility index (Phi) is 3.92. The van der Waals surface area contributed by atoms with E-state index in [2.05, 4.69) is 5.32 Å². The van der Waals surface area contributed by atoms with Crippen molar-refractivity contribution in [1.29, 1.82) is 5.26 Å². The van der Waals surface area contributed by atoms with Crippen molar-refractivity contribution < 1.29 is 9.90 Å². The number of hydrogen-bond acceptors (Lipinski definition) is 4. The van der Waals surface area contributed by atoms with Gasteiger partial charge in [0.2, 0.25) is 5.91 Å². The molecule has 1 atom stereocenters. The second kappa shape index (κ2) is 5.63. The maximum atomic E-state index is 12.2. The lowest BCUT2D eigenvalue weighted by atomic mass is 10.1. The quantitative estimate of drug-likeness (QED) is 0.800. The minimum absolute atomic E-state index is 0.00931. The highest BCUT2D eigenvalue weighted by molar-refractivity contribution is 5.98. The van der Waals surface area contributed by atoms with E-state index in [9.17, 15) is 4.79 Å². The molecule has 0 aliphatic carbocycles. The van der Waals surface area contributed by atoms with Gasteiger partial charge in [-0.05, 0) is 30.7 Å². The van der Waals surface area contributed by atoms with Crippen LogP contribution in [0.1, 0.15) is 12.0 Å². The molecule has 1 aliphatic heterocycles. The molecule has 1 saturated heterocycles. The van der Waals surface area contributed by atoms with Gasteiger partial charge in [0.1, 0.15) is 0 Å². The summed E-state index contributed by atoms with van der Waals surface area (Å²) in [6, 6.07) is 8.68. The Labute approximate surface area is 106 Å². The fourth-order valence-electron chi connectivity index (χ4n) is 2.06. The average molecular weight is 245 g/mol. The molecule has 1 fully saturated rings. The van der Waals surface area contributed by atoms with E-state index in [4.69, 9.17) is 10.4 Å². The number of nitriles is 1. The summed E-state index contributed by atoms with van der Waals surface area (Å²) in [6.07, 6.45) is 0.422. The van der Waals surface area contributed by atoms with E-state index in [1.165, 1.54) is 0 Å². The van der Waals surface area contributed by atoms with Crippen LogP contribution in [0.3, 0.4) is 0 Å². The number of carbonyl (C=O) groups is 1. The molecule has 94 valence electrons. The molecule has 5 nitrogen and oxygen atoms in total. The van der Waals surface area contributed by atoms with E-state index in [1.807, 2.05) is 6.07 Å². The van der Waals surface area contributed by atoms with Crippen LogP contribution < -0.4 is 10.2 Å². The lowest BCUT2D eigenvalue weighted by molar-refractivity contribution is -0.122.